The van der Waals surface area contributed by atoms with E-state index in [0.717, 1.165) is 49.8 Å². The zero-order valence-electron chi connectivity index (χ0n) is 14.2. The maximum atomic E-state index is 12.8. The Morgan fingerprint density at radius 3 is 2.96 bits per heavy atom. The third-order valence-electron chi connectivity index (χ3n) is 5.30. The molecule has 6 nitrogen and oxygen atoms in total. The Labute approximate surface area is 142 Å². The fraction of sp³-hybridized carbons (Fsp3) is 0.500. The molecule has 126 valence electrons. The smallest absolute Gasteiger partial charge is 0.257 e. The van der Waals surface area contributed by atoms with Crippen LogP contribution in [0.2, 0.25) is 0 Å². The summed E-state index contributed by atoms with van der Waals surface area (Å²) >= 11 is 0. The summed E-state index contributed by atoms with van der Waals surface area (Å²) in [5, 5.41) is 4.30. The monoisotopic (exact) mass is 325 g/mol. The van der Waals surface area contributed by atoms with Crippen molar-refractivity contribution < 1.29 is 4.79 Å². The molecule has 0 aromatic carbocycles. The molecule has 0 aliphatic carbocycles. The van der Waals surface area contributed by atoms with E-state index in [2.05, 4.69) is 21.0 Å². The van der Waals surface area contributed by atoms with Crippen molar-refractivity contribution in [3.8, 4) is 0 Å². The van der Waals surface area contributed by atoms with Gasteiger partial charge in [0.1, 0.15) is 0 Å². The van der Waals surface area contributed by atoms with Gasteiger partial charge in [-0.1, -0.05) is 6.07 Å². The summed E-state index contributed by atoms with van der Waals surface area (Å²) in [4.78, 5) is 21.5. The van der Waals surface area contributed by atoms with E-state index < -0.39 is 0 Å². The highest BCUT2D eigenvalue weighted by atomic mass is 16.2. The Hall–Kier alpha value is -2.21. The van der Waals surface area contributed by atoms with E-state index in [0.29, 0.717) is 6.04 Å². The molecular formula is C18H23N5O. The summed E-state index contributed by atoms with van der Waals surface area (Å²) < 4.78 is 1.72. The first-order valence-corrected chi connectivity index (χ1v) is 8.54. The lowest BCUT2D eigenvalue weighted by Crippen LogP contribution is -2.64. The van der Waals surface area contributed by atoms with E-state index in [4.69, 9.17) is 0 Å². The Kier molecular flexibility index (Phi) is 3.84. The van der Waals surface area contributed by atoms with Gasteiger partial charge in [0.15, 0.2) is 0 Å². The van der Waals surface area contributed by atoms with Crippen LogP contribution in [0.3, 0.4) is 0 Å². The van der Waals surface area contributed by atoms with Crippen molar-refractivity contribution >= 4 is 5.91 Å². The number of carbonyl (C=O) groups is 1. The Morgan fingerprint density at radius 1 is 1.38 bits per heavy atom. The van der Waals surface area contributed by atoms with Crippen LogP contribution >= 0.6 is 0 Å². The van der Waals surface area contributed by atoms with Gasteiger partial charge in [-0.15, -0.1) is 0 Å². The molecule has 2 fully saturated rings. The number of likely N-dealkylation sites (tertiary alicyclic amines) is 2. The number of nitrogens with zero attached hydrogens (tertiary/aromatic N) is 5. The first-order chi connectivity index (χ1) is 11.6. The number of piperidine rings is 1. The molecule has 0 saturated carbocycles. The predicted molar refractivity (Wildman–Crippen MR) is 90.4 cm³/mol. The molecule has 2 saturated heterocycles. The zero-order chi connectivity index (χ0) is 16.7. The van der Waals surface area contributed by atoms with Gasteiger partial charge in [-0.2, -0.15) is 5.10 Å². The number of rotatable bonds is 3. The molecule has 0 unspecified atom stereocenters. The van der Waals surface area contributed by atoms with Crippen LogP contribution in [0.5, 0.6) is 0 Å². The highest BCUT2D eigenvalue weighted by Gasteiger charge is 2.43. The number of carbonyl (C=O) groups excluding carboxylic acids is 1. The van der Waals surface area contributed by atoms with Crippen molar-refractivity contribution in [2.75, 3.05) is 19.6 Å². The third kappa shape index (κ3) is 2.71. The standard InChI is InChI=1S/C18H23N5O/c1-13-16(11-21(2)20-13)18(24)22-7-5-15-10-23(17(15)12-22)9-14-4-3-6-19-8-14/h3-4,6,8,11,15,17H,5,7,9-10,12H2,1-2H3/t15-,17-/m1/s1. The number of aryl methyl sites for hydroxylation is 2. The number of aromatic nitrogens is 3. The lowest BCUT2D eigenvalue weighted by atomic mass is 9.82. The van der Waals surface area contributed by atoms with Crippen molar-refractivity contribution in [3.05, 3.63) is 47.5 Å². The summed E-state index contributed by atoms with van der Waals surface area (Å²) in [5.74, 6) is 0.841. The van der Waals surface area contributed by atoms with Crippen LogP contribution in [0.25, 0.3) is 0 Å². The maximum Gasteiger partial charge on any atom is 0.257 e. The molecule has 0 radical (unpaired) electrons. The van der Waals surface area contributed by atoms with Gasteiger partial charge in [0.05, 0.1) is 11.3 Å². The van der Waals surface area contributed by atoms with Gasteiger partial charge >= 0.3 is 0 Å². The summed E-state index contributed by atoms with van der Waals surface area (Å²) in [6.07, 6.45) is 6.66. The van der Waals surface area contributed by atoms with Gasteiger partial charge in [0.25, 0.3) is 5.91 Å². The van der Waals surface area contributed by atoms with Crippen LogP contribution in [-0.4, -0.2) is 56.1 Å². The van der Waals surface area contributed by atoms with Crippen LogP contribution in [-0.2, 0) is 13.6 Å². The summed E-state index contributed by atoms with van der Waals surface area (Å²) in [6, 6.07) is 4.57. The van der Waals surface area contributed by atoms with Gasteiger partial charge in [0.2, 0.25) is 0 Å². The minimum Gasteiger partial charge on any atom is -0.337 e. The first-order valence-electron chi connectivity index (χ1n) is 8.54. The number of pyridine rings is 1. The second kappa shape index (κ2) is 6.02. The average molecular weight is 325 g/mol. The molecular weight excluding hydrogens is 302 g/mol. The van der Waals surface area contributed by atoms with Crippen LogP contribution in [0.1, 0.15) is 28.0 Å². The molecule has 0 spiro atoms. The van der Waals surface area contributed by atoms with Crippen molar-refractivity contribution in [3.63, 3.8) is 0 Å². The highest BCUT2D eigenvalue weighted by Crippen LogP contribution is 2.34. The molecule has 2 aromatic rings. The molecule has 0 N–H and O–H groups in total. The number of hydrogen-bond donors (Lipinski definition) is 0. The van der Waals surface area contributed by atoms with E-state index in [1.165, 1.54) is 5.56 Å². The first kappa shape index (κ1) is 15.3. The largest absolute Gasteiger partial charge is 0.337 e. The number of amides is 1. The van der Waals surface area contributed by atoms with Crippen LogP contribution in [0.15, 0.2) is 30.7 Å². The molecule has 4 heterocycles. The van der Waals surface area contributed by atoms with Gasteiger partial charge < -0.3 is 4.90 Å². The van der Waals surface area contributed by atoms with Gasteiger partial charge in [-0.05, 0) is 30.9 Å². The van der Waals surface area contributed by atoms with E-state index in [1.54, 1.807) is 10.9 Å². The molecule has 1 amide bonds. The summed E-state index contributed by atoms with van der Waals surface area (Å²) in [6.45, 7) is 5.63. The lowest BCUT2D eigenvalue weighted by Gasteiger charge is -2.53. The van der Waals surface area contributed by atoms with Crippen LogP contribution in [0.4, 0.5) is 0 Å². The average Bonchev–Trinajstić information content (AvgIpc) is 2.91. The van der Waals surface area contributed by atoms with Crippen LogP contribution < -0.4 is 0 Å². The molecule has 24 heavy (non-hydrogen) atoms. The SMILES string of the molecule is Cc1nn(C)cc1C(=O)N1CC[C@@H]2CN(Cc3cccnc3)[C@@H]2C1. The Balaban J connectivity index is 1.43. The highest BCUT2D eigenvalue weighted by molar-refractivity contribution is 5.95. The second-order valence-electron chi connectivity index (χ2n) is 6.96. The van der Waals surface area contributed by atoms with Crippen molar-refractivity contribution in [1.82, 2.24) is 24.6 Å². The molecule has 2 aliphatic rings. The van der Waals surface area contributed by atoms with Gasteiger partial charge in [-0.25, -0.2) is 0 Å². The predicted octanol–water partition coefficient (Wildman–Crippen LogP) is 1.47. The van der Waals surface area contributed by atoms with E-state index >= 15 is 0 Å². The topological polar surface area (TPSA) is 54.3 Å². The lowest BCUT2D eigenvalue weighted by molar-refractivity contribution is -0.0428. The summed E-state index contributed by atoms with van der Waals surface area (Å²) in [7, 11) is 1.86. The molecule has 2 aliphatic heterocycles. The fourth-order valence-electron chi connectivity index (χ4n) is 3.98. The Morgan fingerprint density at radius 2 is 2.25 bits per heavy atom. The van der Waals surface area contributed by atoms with E-state index in [9.17, 15) is 4.79 Å². The number of hydrogen-bond acceptors (Lipinski definition) is 4. The number of fused-ring (bicyclic) bond motifs is 1. The van der Waals surface area contributed by atoms with Crippen LogP contribution in [0, 0.1) is 12.8 Å². The molecule has 2 aromatic heterocycles. The minimum atomic E-state index is 0.118. The molecule has 0 bridgehead atoms. The van der Waals surface area contributed by atoms with Gasteiger partial charge in [0, 0.05) is 57.9 Å². The second-order valence-corrected chi connectivity index (χ2v) is 6.96. The third-order valence-corrected chi connectivity index (χ3v) is 5.30. The summed E-state index contributed by atoms with van der Waals surface area (Å²) in [5.41, 5.74) is 2.78. The quantitative estimate of drug-likeness (QED) is 0.857. The molecule has 4 rings (SSSR count). The van der Waals surface area contributed by atoms with Crippen molar-refractivity contribution in [1.29, 1.82) is 0 Å². The normalized spacial score (nSPS) is 23.7. The molecule has 6 heteroatoms. The fourth-order valence-corrected chi connectivity index (χ4v) is 3.98. The minimum absolute atomic E-state index is 0.118. The van der Waals surface area contributed by atoms with Crippen molar-refractivity contribution in [2.45, 2.75) is 25.9 Å². The van der Waals surface area contributed by atoms with E-state index in [-0.39, 0.29) is 5.91 Å². The van der Waals surface area contributed by atoms with Gasteiger partial charge in [-0.3, -0.25) is 19.4 Å². The Bertz CT molecular complexity index is 741. The zero-order valence-corrected chi connectivity index (χ0v) is 14.2. The van der Waals surface area contributed by atoms with Crippen molar-refractivity contribution in [2.24, 2.45) is 13.0 Å². The van der Waals surface area contributed by atoms with E-state index in [1.807, 2.05) is 37.3 Å². The molecule has 2 atom stereocenters. The maximum absolute atomic E-state index is 12.8.